The summed E-state index contributed by atoms with van der Waals surface area (Å²) in [7, 11) is 1.47. The molecule has 1 amide bonds. The summed E-state index contributed by atoms with van der Waals surface area (Å²) in [5.41, 5.74) is 4.01. The van der Waals surface area contributed by atoms with E-state index in [0.29, 0.717) is 27.6 Å². The molecule has 0 saturated carbocycles. The number of phenols is 1. The molecular formula is C16H15ClN2O3. The largest absolute Gasteiger partial charge is 0.508 e. The number of hydrogen-bond donors (Lipinski definition) is 2. The van der Waals surface area contributed by atoms with Crippen molar-refractivity contribution in [1.29, 1.82) is 0 Å². The molecule has 0 heterocycles. The van der Waals surface area contributed by atoms with Crippen molar-refractivity contribution < 1.29 is 14.6 Å². The van der Waals surface area contributed by atoms with Crippen LogP contribution in [-0.4, -0.2) is 23.8 Å². The zero-order valence-electron chi connectivity index (χ0n) is 12.1. The number of phenolic OH excluding ortho intramolecular Hbond substituents is 1. The van der Waals surface area contributed by atoms with Gasteiger partial charge in [-0.1, -0.05) is 23.7 Å². The standard InChI is InChI=1S/C16H15ClN2O3/c1-10(11-4-3-5-13(20)8-11)18-19-16(21)14-9-12(17)6-7-15(14)22-2/h3-9,20H,1-2H3,(H,19,21). The zero-order valence-corrected chi connectivity index (χ0v) is 12.9. The Morgan fingerprint density at radius 1 is 1.27 bits per heavy atom. The summed E-state index contributed by atoms with van der Waals surface area (Å²) in [6.07, 6.45) is 0. The highest BCUT2D eigenvalue weighted by atomic mass is 35.5. The summed E-state index contributed by atoms with van der Waals surface area (Å²) in [5.74, 6) is 0.112. The Morgan fingerprint density at radius 2 is 2.05 bits per heavy atom. The van der Waals surface area contributed by atoms with E-state index < -0.39 is 5.91 Å². The van der Waals surface area contributed by atoms with Crippen molar-refractivity contribution in [3.05, 3.63) is 58.6 Å². The predicted molar refractivity (Wildman–Crippen MR) is 85.8 cm³/mol. The third-order valence-corrected chi connectivity index (χ3v) is 3.23. The number of nitrogens with one attached hydrogen (secondary N) is 1. The van der Waals surface area contributed by atoms with Gasteiger partial charge in [-0.2, -0.15) is 5.10 Å². The van der Waals surface area contributed by atoms with E-state index in [1.54, 1.807) is 43.3 Å². The normalized spacial score (nSPS) is 11.1. The van der Waals surface area contributed by atoms with Crippen LogP contribution in [0.25, 0.3) is 0 Å². The Balaban J connectivity index is 2.19. The second-order valence-corrected chi connectivity index (χ2v) is 4.97. The lowest BCUT2D eigenvalue weighted by atomic mass is 10.1. The fraction of sp³-hybridized carbons (Fsp3) is 0.125. The molecule has 22 heavy (non-hydrogen) atoms. The highest BCUT2D eigenvalue weighted by Gasteiger charge is 2.12. The summed E-state index contributed by atoms with van der Waals surface area (Å²) < 4.78 is 5.13. The molecule has 0 aromatic heterocycles. The van der Waals surface area contributed by atoms with Gasteiger partial charge in [-0.25, -0.2) is 5.43 Å². The van der Waals surface area contributed by atoms with E-state index in [1.165, 1.54) is 13.2 Å². The Kier molecular flexibility index (Phi) is 5.01. The minimum absolute atomic E-state index is 0.134. The number of aromatic hydroxyl groups is 1. The first-order valence-corrected chi connectivity index (χ1v) is 6.86. The molecule has 0 aliphatic carbocycles. The van der Waals surface area contributed by atoms with E-state index in [1.807, 2.05) is 0 Å². The molecule has 0 unspecified atom stereocenters. The van der Waals surface area contributed by atoms with Gasteiger partial charge in [0.1, 0.15) is 11.5 Å². The van der Waals surface area contributed by atoms with Crippen LogP contribution in [0.2, 0.25) is 5.02 Å². The van der Waals surface area contributed by atoms with Gasteiger partial charge in [-0.05, 0) is 37.3 Å². The first-order valence-electron chi connectivity index (χ1n) is 6.49. The molecule has 2 N–H and O–H groups in total. The first-order chi connectivity index (χ1) is 10.5. The SMILES string of the molecule is COc1ccc(Cl)cc1C(=O)NN=C(C)c1cccc(O)c1. The van der Waals surface area contributed by atoms with Crippen LogP contribution in [0.1, 0.15) is 22.8 Å². The van der Waals surface area contributed by atoms with Gasteiger partial charge in [0.25, 0.3) is 5.91 Å². The van der Waals surface area contributed by atoms with Crippen LogP contribution < -0.4 is 10.2 Å². The molecule has 5 nitrogen and oxygen atoms in total. The maximum Gasteiger partial charge on any atom is 0.275 e. The monoisotopic (exact) mass is 318 g/mol. The van der Waals surface area contributed by atoms with Crippen LogP contribution in [0, 0.1) is 0 Å². The zero-order chi connectivity index (χ0) is 16.1. The van der Waals surface area contributed by atoms with Crippen LogP contribution in [0.4, 0.5) is 0 Å². The summed E-state index contributed by atoms with van der Waals surface area (Å²) in [5, 5.41) is 13.9. The van der Waals surface area contributed by atoms with Gasteiger partial charge < -0.3 is 9.84 Å². The van der Waals surface area contributed by atoms with Crippen LogP contribution in [0.15, 0.2) is 47.6 Å². The molecule has 0 saturated heterocycles. The summed E-state index contributed by atoms with van der Waals surface area (Å²) in [6, 6.07) is 11.4. The van der Waals surface area contributed by atoms with Gasteiger partial charge in [0.05, 0.1) is 18.4 Å². The molecule has 2 aromatic carbocycles. The number of ether oxygens (including phenoxy) is 1. The number of rotatable bonds is 4. The lowest BCUT2D eigenvalue weighted by molar-refractivity contribution is 0.0952. The van der Waals surface area contributed by atoms with Gasteiger partial charge >= 0.3 is 0 Å². The molecular weight excluding hydrogens is 304 g/mol. The van der Waals surface area contributed by atoms with Crippen molar-refractivity contribution in [3.63, 3.8) is 0 Å². The Labute approximate surface area is 133 Å². The van der Waals surface area contributed by atoms with Crippen molar-refractivity contribution in [2.75, 3.05) is 7.11 Å². The number of amides is 1. The quantitative estimate of drug-likeness (QED) is 0.671. The van der Waals surface area contributed by atoms with Gasteiger partial charge in [-0.15, -0.1) is 0 Å². The summed E-state index contributed by atoms with van der Waals surface area (Å²) >= 11 is 5.89. The number of hydrazone groups is 1. The van der Waals surface area contributed by atoms with Gasteiger partial charge in [-0.3, -0.25) is 4.79 Å². The van der Waals surface area contributed by atoms with Crippen molar-refractivity contribution in [1.82, 2.24) is 5.43 Å². The maximum atomic E-state index is 12.2. The van der Waals surface area contributed by atoms with Crippen molar-refractivity contribution in [2.45, 2.75) is 6.92 Å². The van der Waals surface area contributed by atoms with Crippen LogP contribution in [-0.2, 0) is 0 Å². The van der Waals surface area contributed by atoms with Crippen LogP contribution in [0.3, 0.4) is 0 Å². The average molecular weight is 319 g/mol. The lowest BCUT2D eigenvalue weighted by Gasteiger charge is -2.08. The van der Waals surface area contributed by atoms with E-state index in [4.69, 9.17) is 16.3 Å². The van der Waals surface area contributed by atoms with E-state index in [9.17, 15) is 9.90 Å². The van der Waals surface area contributed by atoms with Crippen LogP contribution >= 0.6 is 11.6 Å². The maximum absolute atomic E-state index is 12.2. The molecule has 2 aromatic rings. The molecule has 0 fully saturated rings. The number of benzene rings is 2. The van der Waals surface area contributed by atoms with E-state index >= 15 is 0 Å². The molecule has 6 heteroatoms. The molecule has 0 radical (unpaired) electrons. The van der Waals surface area contributed by atoms with Crippen molar-refractivity contribution in [2.24, 2.45) is 5.10 Å². The smallest absolute Gasteiger partial charge is 0.275 e. The highest BCUT2D eigenvalue weighted by molar-refractivity contribution is 6.31. The molecule has 0 spiro atoms. The van der Waals surface area contributed by atoms with E-state index in [0.717, 1.165) is 0 Å². The molecule has 0 aliphatic rings. The fourth-order valence-corrected chi connectivity index (χ4v) is 2.02. The Hall–Kier alpha value is -2.53. The number of nitrogens with zero attached hydrogens (tertiary/aromatic N) is 1. The second-order valence-electron chi connectivity index (χ2n) is 4.53. The fourth-order valence-electron chi connectivity index (χ4n) is 1.85. The minimum atomic E-state index is -0.432. The lowest BCUT2D eigenvalue weighted by Crippen LogP contribution is -2.20. The third-order valence-electron chi connectivity index (χ3n) is 3.00. The number of methoxy groups -OCH3 is 1. The summed E-state index contributed by atoms with van der Waals surface area (Å²) in [6.45, 7) is 1.73. The Morgan fingerprint density at radius 3 is 2.73 bits per heavy atom. The number of carbonyl (C=O) groups excluding carboxylic acids is 1. The topological polar surface area (TPSA) is 70.9 Å². The van der Waals surface area contributed by atoms with Gasteiger partial charge in [0.15, 0.2) is 0 Å². The number of halogens is 1. The van der Waals surface area contributed by atoms with Crippen molar-refractivity contribution in [3.8, 4) is 11.5 Å². The predicted octanol–water partition coefficient (Wildman–Crippen LogP) is 3.21. The van der Waals surface area contributed by atoms with Gasteiger partial charge in [0.2, 0.25) is 0 Å². The van der Waals surface area contributed by atoms with Crippen molar-refractivity contribution >= 4 is 23.2 Å². The van der Waals surface area contributed by atoms with E-state index in [2.05, 4.69) is 10.5 Å². The molecule has 0 aliphatic heterocycles. The summed E-state index contributed by atoms with van der Waals surface area (Å²) in [4.78, 5) is 12.2. The molecule has 2 rings (SSSR count). The number of carbonyl (C=O) groups is 1. The second kappa shape index (κ2) is 6.95. The van der Waals surface area contributed by atoms with Gasteiger partial charge in [0, 0.05) is 10.6 Å². The molecule has 0 bridgehead atoms. The Bertz CT molecular complexity index is 729. The average Bonchev–Trinajstić information content (AvgIpc) is 2.52. The highest BCUT2D eigenvalue weighted by Crippen LogP contribution is 2.22. The third kappa shape index (κ3) is 3.77. The first kappa shape index (κ1) is 15.9. The number of hydrogen-bond acceptors (Lipinski definition) is 4. The molecule has 114 valence electrons. The van der Waals surface area contributed by atoms with E-state index in [-0.39, 0.29) is 5.75 Å². The molecule has 0 atom stereocenters. The minimum Gasteiger partial charge on any atom is -0.508 e. The van der Waals surface area contributed by atoms with Crippen LogP contribution in [0.5, 0.6) is 11.5 Å².